The summed E-state index contributed by atoms with van der Waals surface area (Å²) in [5.41, 5.74) is 2.37. The zero-order valence-electron chi connectivity index (χ0n) is 25.5. The highest BCUT2D eigenvalue weighted by Gasteiger charge is 2.38. The molecular formula is C29H48N6O4Si. The summed E-state index contributed by atoms with van der Waals surface area (Å²) in [6, 6.07) is 6.31. The molecule has 1 N–H and O–H groups in total. The van der Waals surface area contributed by atoms with Gasteiger partial charge in [0.15, 0.2) is 0 Å². The molecule has 2 fully saturated rings. The molecule has 2 saturated heterocycles. The summed E-state index contributed by atoms with van der Waals surface area (Å²) in [6.07, 6.45) is 1.64. The SMILES string of the molecule is CNCCCN1CCN(c2ccc3c(c2)n(C)c(=O)n3C2CCC(=O)N(COCC[Si](C)(C)C)C2=O)CC1(C)C. The number of rotatable bonds is 11. The van der Waals surface area contributed by atoms with Crippen molar-refractivity contribution in [2.24, 2.45) is 7.05 Å². The lowest BCUT2D eigenvalue weighted by Gasteiger charge is -2.48. The van der Waals surface area contributed by atoms with Crippen molar-refractivity contribution >= 4 is 36.6 Å². The average molecular weight is 573 g/mol. The van der Waals surface area contributed by atoms with Crippen molar-refractivity contribution in [1.82, 2.24) is 24.3 Å². The molecule has 40 heavy (non-hydrogen) atoms. The number of piperazine rings is 1. The van der Waals surface area contributed by atoms with Gasteiger partial charge in [-0.15, -0.1) is 0 Å². The number of aromatic nitrogens is 2. The van der Waals surface area contributed by atoms with Crippen molar-refractivity contribution in [1.29, 1.82) is 0 Å². The molecule has 1 atom stereocenters. The largest absolute Gasteiger partial charge is 0.368 e. The van der Waals surface area contributed by atoms with Crippen LogP contribution in [0.3, 0.4) is 0 Å². The van der Waals surface area contributed by atoms with Crippen molar-refractivity contribution < 1.29 is 14.3 Å². The highest BCUT2D eigenvalue weighted by molar-refractivity contribution is 6.76. The Kier molecular flexibility index (Phi) is 9.28. The van der Waals surface area contributed by atoms with Gasteiger partial charge in [-0.2, -0.15) is 0 Å². The molecule has 1 unspecified atom stereocenters. The second kappa shape index (κ2) is 12.2. The van der Waals surface area contributed by atoms with E-state index >= 15 is 0 Å². The Labute approximate surface area is 239 Å². The van der Waals surface area contributed by atoms with Gasteiger partial charge in [0.25, 0.3) is 5.91 Å². The summed E-state index contributed by atoms with van der Waals surface area (Å²) < 4.78 is 8.94. The maximum absolute atomic E-state index is 13.5. The Hall–Kier alpha value is -2.47. The van der Waals surface area contributed by atoms with Crippen LogP contribution in [0.2, 0.25) is 25.7 Å². The Morgan fingerprint density at radius 2 is 1.85 bits per heavy atom. The minimum absolute atomic E-state index is 0.0282. The number of piperidine rings is 1. The number of hydrogen-bond acceptors (Lipinski definition) is 7. The van der Waals surface area contributed by atoms with Crippen LogP contribution >= 0.6 is 0 Å². The second-order valence-electron chi connectivity index (χ2n) is 13.1. The van der Waals surface area contributed by atoms with Gasteiger partial charge in [0, 0.05) is 65.6 Å². The number of aryl methyl sites for hydroxylation is 1. The van der Waals surface area contributed by atoms with Gasteiger partial charge in [-0.25, -0.2) is 4.79 Å². The highest BCUT2D eigenvalue weighted by Crippen LogP contribution is 2.31. The topological polar surface area (TPSA) is 92.1 Å². The van der Waals surface area contributed by atoms with E-state index in [0.717, 1.165) is 56.4 Å². The number of carbonyl (C=O) groups is 2. The smallest absolute Gasteiger partial charge is 0.329 e. The number of carbonyl (C=O) groups excluding carboxylic acids is 2. The maximum Gasteiger partial charge on any atom is 0.329 e. The van der Waals surface area contributed by atoms with E-state index in [1.165, 1.54) is 4.90 Å². The quantitative estimate of drug-likeness (QED) is 0.252. The van der Waals surface area contributed by atoms with Crippen LogP contribution in [-0.2, 0) is 21.4 Å². The minimum Gasteiger partial charge on any atom is -0.368 e. The Balaban J connectivity index is 1.53. The van der Waals surface area contributed by atoms with Gasteiger partial charge >= 0.3 is 5.69 Å². The van der Waals surface area contributed by atoms with E-state index in [4.69, 9.17) is 4.74 Å². The van der Waals surface area contributed by atoms with Crippen molar-refractivity contribution in [3.8, 4) is 0 Å². The first kappa shape index (κ1) is 30.5. The second-order valence-corrected chi connectivity index (χ2v) is 18.7. The molecule has 4 rings (SSSR count). The predicted octanol–water partition coefficient (Wildman–Crippen LogP) is 2.85. The molecule has 0 saturated carbocycles. The van der Waals surface area contributed by atoms with Crippen LogP contribution < -0.4 is 15.9 Å². The molecule has 10 nitrogen and oxygen atoms in total. The molecule has 0 spiro atoms. The molecule has 222 valence electrons. The summed E-state index contributed by atoms with van der Waals surface area (Å²) in [4.78, 5) is 45.7. The minimum atomic E-state index is -1.29. The molecule has 0 bridgehead atoms. The van der Waals surface area contributed by atoms with Crippen LogP contribution in [0.1, 0.15) is 39.2 Å². The van der Waals surface area contributed by atoms with E-state index in [-0.39, 0.29) is 36.2 Å². The van der Waals surface area contributed by atoms with E-state index in [1.54, 1.807) is 16.2 Å². The van der Waals surface area contributed by atoms with E-state index in [2.05, 4.69) is 60.7 Å². The van der Waals surface area contributed by atoms with E-state index in [1.807, 2.05) is 13.1 Å². The van der Waals surface area contributed by atoms with Gasteiger partial charge in [0.1, 0.15) is 12.8 Å². The van der Waals surface area contributed by atoms with Crippen LogP contribution in [0.4, 0.5) is 5.69 Å². The monoisotopic (exact) mass is 572 g/mol. The molecule has 0 aliphatic carbocycles. The lowest BCUT2D eigenvalue weighted by Crippen LogP contribution is -2.59. The number of anilines is 1. The Morgan fingerprint density at radius 3 is 2.52 bits per heavy atom. The number of hydrogen-bond donors (Lipinski definition) is 1. The number of nitrogens with one attached hydrogen (secondary N) is 1. The van der Waals surface area contributed by atoms with Crippen LogP contribution in [-0.4, -0.2) is 97.5 Å². The normalized spacial score (nSPS) is 20.6. The van der Waals surface area contributed by atoms with Crippen molar-refractivity contribution in [3.63, 3.8) is 0 Å². The fourth-order valence-electron chi connectivity index (χ4n) is 5.85. The van der Waals surface area contributed by atoms with Gasteiger partial charge in [0.05, 0.1) is 11.0 Å². The Morgan fingerprint density at radius 1 is 1.10 bits per heavy atom. The van der Waals surface area contributed by atoms with Gasteiger partial charge in [0.2, 0.25) is 5.91 Å². The molecule has 2 aliphatic rings. The van der Waals surface area contributed by atoms with Gasteiger partial charge in [-0.1, -0.05) is 19.6 Å². The van der Waals surface area contributed by atoms with E-state index in [0.29, 0.717) is 18.5 Å². The van der Waals surface area contributed by atoms with Gasteiger partial charge < -0.3 is 15.0 Å². The summed E-state index contributed by atoms with van der Waals surface area (Å²) in [6.45, 7) is 16.7. The number of fused-ring (bicyclic) bond motifs is 1. The summed E-state index contributed by atoms with van der Waals surface area (Å²) in [5.74, 6) is -0.600. The highest BCUT2D eigenvalue weighted by atomic mass is 28.3. The fraction of sp³-hybridized carbons (Fsp3) is 0.690. The Bertz CT molecular complexity index is 1280. The third-order valence-electron chi connectivity index (χ3n) is 8.38. The molecule has 1 aromatic carbocycles. The first-order valence-corrected chi connectivity index (χ1v) is 18.3. The van der Waals surface area contributed by atoms with Crippen LogP contribution in [0.5, 0.6) is 0 Å². The zero-order valence-corrected chi connectivity index (χ0v) is 26.5. The first-order chi connectivity index (χ1) is 18.8. The third-order valence-corrected chi connectivity index (χ3v) is 10.1. The standard InChI is InChI=1S/C29H48N6O4Si/c1-29(2)20-32(15-16-33(29)14-8-13-30-3)22-9-10-23-25(19-22)31(4)28(38)35(23)24-11-12-26(36)34(27(24)37)21-39-17-18-40(5,6)7/h9-10,19,24,30H,8,11-18,20-21H2,1-7H3. The van der Waals surface area contributed by atoms with Crippen LogP contribution in [0, 0.1) is 0 Å². The van der Waals surface area contributed by atoms with Gasteiger partial charge in [-0.3, -0.25) is 28.5 Å². The van der Waals surface area contributed by atoms with Crippen LogP contribution in [0.25, 0.3) is 11.0 Å². The molecule has 1 aromatic heterocycles. The van der Waals surface area contributed by atoms with Crippen molar-refractivity contribution in [3.05, 3.63) is 28.7 Å². The number of benzene rings is 1. The van der Waals surface area contributed by atoms with Crippen molar-refractivity contribution in [2.75, 3.05) is 58.0 Å². The lowest BCUT2D eigenvalue weighted by molar-refractivity contribution is -0.157. The first-order valence-electron chi connectivity index (χ1n) is 14.6. The molecule has 0 radical (unpaired) electrons. The van der Waals surface area contributed by atoms with Gasteiger partial charge in [-0.05, 0) is 64.5 Å². The average Bonchev–Trinajstić information content (AvgIpc) is 3.13. The number of nitrogens with zero attached hydrogens (tertiary/aromatic N) is 5. The number of imide groups is 1. The molecule has 2 aliphatic heterocycles. The van der Waals surface area contributed by atoms with Crippen LogP contribution in [0.15, 0.2) is 23.0 Å². The number of likely N-dealkylation sites (tertiary alicyclic amines) is 1. The maximum atomic E-state index is 13.5. The number of ether oxygens (including phenoxy) is 1. The molecule has 2 amide bonds. The third kappa shape index (κ3) is 6.53. The molecule has 2 aromatic rings. The summed E-state index contributed by atoms with van der Waals surface area (Å²) in [5, 5.41) is 3.23. The summed E-state index contributed by atoms with van der Waals surface area (Å²) in [7, 11) is 2.46. The summed E-state index contributed by atoms with van der Waals surface area (Å²) >= 11 is 0. The van der Waals surface area contributed by atoms with E-state index < -0.39 is 14.1 Å². The predicted molar refractivity (Wildman–Crippen MR) is 163 cm³/mol. The fourth-order valence-corrected chi connectivity index (χ4v) is 6.61. The molecule has 3 heterocycles. The number of amides is 2. The zero-order chi connectivity index (χ0) is 29.2. The molecular weight excluding hydrogens is 524 g/mol. The van der Waals surface area contributed by atoms with Crippen molar-refractivity contribution in [2.45, 2.75) is 70.4 Å². The van der Waals surface area contributed by atoms with E-state index in [9.17, 15) is 14.4 Å². The molecule has 11 heteroatoms. The number of imidazole rings is 1. The lowest BCUT2D eigenvalue weighted by atomic mass is 9.97.